The summed E-state index contributed by atoms with van der Waals surface area (Å²) in [4.78, 5) is 19.8. The van der Waals surface area contributed by atoms with Crippen LogP contribution in [0.1, 0.15) is 6.92 Å². The van der Waals surface area contributed by atoms with Crippen molar-refractivity contribution in [2.24, 2.45) is 5.73 Å². The van der Waals surface area contributed by atoms with E-state index in [1.54, 1.807) is 31.4 Å². The molecule has 17 heavy (non-hydrogen) atoms. The summed E-state index contributed by atoms with van der Waals surface area (Å²) < 4.78 is 4.93. The van der Waals surface area contributed by atoms with Crippen LogP contribution in [0.2, 0.25) is 0 Å². The molecule has 0 spiro atoms. The van der Waals surface area contributed by atoms with Gasteiger partial charge in [0.2, 0.25) is 6.41 Å². The first kappa shape index (κ1) is 15.3. The fourth-order valence-electron chi connectivity index (χ4n) is 0.898. The fraction of sp³-hybridized carbons (Fsp3) is 0.273. The largest absolute Gasteiger partial charge is 0.497 e. The number of thioether (sulfide) groups is 1. The van der Waals surface area contributed by atoms with Crippen LogP contribution in [-0.2, 0) is 4.79 Å². The van der Waals surface area contributed by atoms with Crippen LogP contribution in [0.4, 0.5) is 10.5 Å². The summed E-state index contributed by atoms with van der Waals surface area (Å²) in [6.45, 7) is 1.88. The van der Waals surface area contributed by atoms with Gasteiger partial charge in [-0.3, -0.25) is 9.59 Å². The maximum Gasteiger partial charge on any atom is 0.276 e. The van der Waals surface area contributed by atoms with Gasteiger partial charge in [0.1, 0.15) is 5.75 Å². The Hall–Kier alpha value is -1.69. The Bertz CT molecular complexity index is 341. The van der Waals surface area contributed by atoms with Gasteiger partial charge in [-0.15, -0.1) is 0 Å². The van der Waals surface area contributed by atoms with E-state index in [1.807, 2.05) is 6.92 Å². The highest BCUT2D eigenvalue weighted by Crippen LogP contribution is 2.13. The molecule has 5 nitrogen and oxygen atoms in total. The molecule has 3 N–H and O–H groups in total. The van der Waals surface area contributed by atoms with Crippen molar-refractivity contribution in [3.8, 4) is 5.75 Å². The maximum atomic E-state index is 9.99. The number of hydrogen-bond acceptors (Lipinski definition) is 4. The van der Waals surface area contributed by atoms with Crippen LogP contribution in [-0.4, -0.2) is 24.5 Å². The topological polar surface area (TPSA) is 81.4 Å². The van der Waals surface area contributed by atoms with Gasteiger partial charge in [-0.2, -0.15) is 0 Å². The zero-order valence-electron chi connectivity index (χ0n) is 9.80. The molecular formula is C11H16N2O3S. The number of nitrogens with one attached hydrogen (secondary N) is 1. The van der Waals surface area contributed by atoms with Gasteiger partial charge in [-0.1, -0.05) is 18.7 Å². The van der Waals surface area contributed by atoms with E-state index in [1.165, 1.54) is 0 Å². The summed E-state index contributed by atoms with van der Waals surface area (Å²) in [6.07, 6.45) is 0.641. The summed E-state index contributed by atoms with van der Waals surface area (Å²) in [5.74, 6) is 1.55. The lowest BCUT2D eigenvalue weighted by atomic mass is 10.3. The summed E-state index contributed by atoms with van der Waals surface area (Å²) in [7, 11) is 1.60. The number of methoxy groups -OCH3 is 1. The van der Waals surface area contributed by atoms with Crippen LogP contribution in [0.25, 0.3) is 0 Å². The second-order valence-corrected chi connectivity index (χ2v) is 4.01. The highest BCUT2D eigenvalue weighted by atomic mass is 32.2. The molecule has 2 amide bonds. The van der Waals surface area contributed by atoms with Crippen molar-refractivity contribution in [3.05, 3.63) is 24.3 Å². The Morgan fingerprint density at radius 1 is 1.47 bits per heavy atom. The van der Waals surface area contributed by atoms with Crippen molar-refractivity contribution in [1.82, 2.24) is 0 Å². The normalized spacial score (nSPS) is 8.59. The van der Waals surface area contributed by atoms with Crippen LogP contribution < -0.4 is 15.8 Å². The Labute approximate surface area is 105 Å². The van der Waals surface area contributed by atoms with E-state index in [9.17, 15) is 9.59 Å². The van der Waals surface area contributed by atoms with Gasteiger partial charge in [0.15, 0.2) is 0 Å². The quantitative estimate of drug-likeness (QED) is 0.808. The fourth-order valence-corrected chi connectivity index (χ4v) is 1.18. The number of carbonyl (C=O) groups is 2. The lowest BCUT2D eigenvalue weighted by Gasteiger charge is -2.00. The van der Waals surface area contributed by atoms with Crippen molar-refractivity contribution in [2.45, 2.75) is 6.92 Å². The Morgan fingerprint density at radius 2 is 2.06 bits per heavy atom. The third-order valence-corrected chi connectivity index (χ3v) is 2.18. The molecule has 1 aromatic carbocycles. The van der Waals surface area contributed by atoms with E-state index < -0.39 is 0 Å². The first-order valence-electron chi connectivity index (χ1n) is 4.90. The molecule has 0 saturated heterocycles. The number of ether oxygens (including phenoxy) is 1. The molecule has 0 radical (unpaired) electrons. The SMILES string of the molecule is CCSC(N)=O.COc1ccc(NC=O)cc1. The van der Waals surface area contributed by atoms with E-state index in [-0.39, 0.29) is 5.24 Å². The molecule has 0 aliphatic heterocycles. The van der Waals surface area contributed by atoms with Crippen LogP contribution in [0.15, 0.2) is 24.3 Å². The molecule has 0 aliphatic rings. The molecule has 0 aromatic heterocycles. The number of anilines is 1. The van der Waals surface area contributed by atoms with Gasteiger partial charge in [0.25, 0.3) is 5.24 Å². The first-order chi connectivity index (χ1) is 8.13. The average Bonchev–Trinajstić information content (AvgIpc) is 2.31. The van der Waals surface area contributed by atoms with E-state index >= 15 is 0 Å². The van der Waals surface area contributed by atoms with Crippen LogP contribution in [0, 0.1) is 0 Å². The monoisotopic (exact) mass is 256 g/mol. The van der Waals surface area contributed by atoms with Crippen LogP contribution >= 0.6 is 11.8 Å². The van der Waals surface area contributed by atoms with Gasteiger partial charge >= 0.3 is 0 Å². The lowest BCUT2D eigenvalue weighted by Crippen LogP contribution is -2.01. The number of nitrogens with two attached hydrogens (primary N) is 1. The molecule has 6 heteroatoms. The Morgan fingerprint density at radius 3 is 2.35 bits per heavy atom. The predicted molar refractivity (Wildman–Crippen MR) is 70.4 cm³/mol. The average molecular weight is 256 g/mol. The van der Waals surface area contributed by atoms with Crippen LogP contribution in [0.3, 0.4) is 0 Å². The predicted octanol–water partition coefficient (Wildman–Crippen LogP) is 2.08. The molecule has 0 atom stereocenters. The molecule has 0 unspecified atom stereocenters. The second-order valence-electron chi connectivity index (χ2n) is 2.74. The molecule has 0 heterocycles. The number of primary amides is 1. The van der Waals surface area contributed by atoms with Gasteiger partial charge in [-0.25, -0.2) is 0 Å². The van der Waals surface area contributed by atoms with Crippen molar-refractivity contribution >= 4 is 29.1 Å². The number of benzene rings is 1. The molecule has 94 valence electrons. The van der Waals surface area contributed by atoms with Crippen LogP contribution in [0.5, 0.6) is 5.75 Å². The van der Waals surface area contributed by atoms with Gasteiger partial charge in [0, 0.05) is 5.69 Å². The Kier molecular flexibility index (Phi) is 8.58. The number of hydrogen-bond donors (Lipinski definition) is 2. The standard InChI is InChI=1S/C8H9NO2.C3H7NOS/c1-11-8-4-2-7(3-5-8)9-6-10;1-2-6-3(4)5/h2-6H,1H3,(H,9,10);2H2,1H3,(H2,4,5). The smallest absolute Gasteiger partial charge is 0.276 e. The zero-order valence-corrected chi connectivity index (χ0v) is 10.6. The van der Waals surface area contributed by atoms with E-state index in [2.05, 4.69) is 5.32 Å². The molecule has 0 fully saturated rings. The summed E-state index contributed by atoms with van der Waals surface area (Å²) in [5, 5.41) is 2.23. The number of rotatable bonds is 4. The van der Waals surface area contributed by atoms with Gasteiger partial charge in [0.05, 0.1) is 7.11 Å². The minimum absolute atomic E-state index is 0.294. The lowest BCUT2D eigenvalue weighted by molar-refractivity contribution is -0.105. The van der Waals surface area contributed by atoms with Crippen molar-refractivity contribution in [2.75, 3.05) is 18.2 Å². The summed E-state index contributed by atoms with van der Waals surface area (Å²) in [6, 6.07) is 7.11. The van der Waals surface area contributed by atoms with Gasteiger partial charge in [-0.05, 0) is 30.0 Å². The minimum atomic E-state index is -0.294. The summed E-state index contributed by atoms with van der Waals surface area (Å²) in [5.41, 5.74) is 5.49. The highest BCUT2D eigenvalue weighted by molar-refractivity contribution is 8.13. The van der Waals surface area contributed by atoms with E-state index in [0.717, 1.165) is 29.0 Å². The molecular weight excluding hydrogens is 240 g/mol. The number of amides is 2. The summed E-state index contributed by atoms with van der Waals surface area (Å²) >= 11 is 1.12. The molecule has 1 rings (SSSR count). The van der Waals surface area contributed by atoms with E-state index in [0.29, 0.717) is 6.41 Å². The third kappa shape index (κ3) is 8.15. The number of carbonyl (C=O) groups excluding carboxylic acids is 2. The molecule has 0 saturated carbocycles. The minimum Gasteiger partial charge on any atom is -0.497 e. The molecule has 0 aliphatic carbocycles. The molecule has 0 bridgehead atoms. The molecule has 1 aromatic rings. The van der Waals surface area contributed by atoms with Crippen molar-refractivity contribution in [1.29, 1.82) is 0 Å². The first-order valence-corrected chi connectivity index (χ1v) is 5.89. The van der Waals surface area contributed by atoms with Gasteiger partial charge < -0.3 is 15.8 Å². The third-order valence-electron chi connectivity index (χ3n) is 1.60. The highest BCUT2D eigenvalue weighted by Gasteiger charge is 1.90. The van der Waals surface area contributed by atoms with E-state index in [4.69, 9.17) is 10.5 Å². The second kappa shape index (κ2) is 9.53. The zero-order chi connectivity index (χ0) is 13.1. The van der Waals surface area contributed by atoms with Crippen molar-refractivity contribution < 1.29 is 14.3 Å². The van der Waals surface area contributed by atoms with Crippen molar-refractivity contribution in [3.63, 3.8) is 0 Å². The maximum absolute atomic E-state index is 9.99. The Balaban J connectivity index is 0.000000366.